The lowest BCUT2D eigenvalue weighted by Crippen LogP contribution is -2.36. The van der Waals surface area contributed by atoms with E-state index >= 15 is 0 Å². The molecule has 8 heteroatoms. The van der Waals surface area contributed by atoms with Gasteiger partial charge in [0.05, 0.1) is 7.11 Å². The summed E-state index contributed by atoms with van der Waals surface area (Å²) in [5.41, 5.74) is 3.81. The van der Waals surface area contributed by atoms with Crippen LogP contribution < -0.4 is 20.7 Å². The van der Waals surface area contributed by atoms with Crippen LogP contribution in [0.4, 0.5) is 22.0 Å². The zero-order chi connectivity index (χ0) is 21.8. The number of methoxy groups -OCH3 is 1. The van der Waals surface area contributed by atoms with Gasteiger partial charge in [0.2, 0.25) is 0 Å². The van der Waals surface area contributed by atoms with Gasteiger partial charge < -0.3 is 20.5 Å². The van der Waals surface area contributed by atoms with Crippen LogP contribution >= 0.6 is 0 Å². The number of aromatic nitrogens is 1. The molecule has 8 nitrogen and oxygen atoms in total. The van der Waals surface area contributed by atoms with E-state index in [4.69, 9.17) is 9.84 Å². The Labute approximate surface area is 179 Å². The minimum atomic E-state index is -1.26. The summed E-state index contributed by atoms with van der Waals surface area (Å²) in [6.45, 7) is 0. The molecule has 0 unspecified atom stereocenters. The molecule has 1 heterocycles. The highest BCUT2D eigenvalue weighted by atomic mass is 16.5. The SMILES string of the molecule is COc1cccc(Nc2cc(NC(=O)O)nc(C(=O)NC3Cc4ccccc4C3)c2)c1. The number of nitrogens with zero attached hydrogens (tertiary/aromatic N) is 1. The van der Waals surface area contributed by atoms with Gasteiger partial charge in [-0.3, -0.25) is 10.1 Å². The number of carbonyl (C=O) groups excluding carboxylic acids is 1. The number of hydrogen-bond donors (Lipinski definition) is 4. The predicted molar refractivity (Wildman–Crippen MR) is 117 cm³/mol. The molecule has 1 aliphatic rings. The predicted octanol–water partition coefficient (Wildman–Crippen LogP) is 3.82. The van der Waals surface area contributed by atoms with Crippen molar-refractivity contribution in [1.82, 2.24) is 10.3 Å². The Morgan fingerprint density at radius 2 is 1.74 bits per heavy atom. The Balaban J connectivity index is 1.55. The molecule has 4 N–H and O–H groups in total. The van der Waals surface area contributed by atoms with Gasteiger partial charge in [-0.2, -0.15) is 0 Å². The molecule has 1 aromatic heterocycles. The first-order valence-corrected chi connectivity index (χ1v) is 9.81. The standard InChI is InChI=1S/C23H22N4O4/c1-31-19-8-4-7-16(11-19)24-18-12-20(26-21(13-18)27-23(29)30)22(28)25-17-9-14-5-2-3-6-15(14)10-17/h2-8,11-13,17H,9-10H2,1H3,(H,25,28)(H,29,30)(H2,24,26,27). The maximum atomic E-state index is 12.9. The van der Waals surface area contributed by atoms with E-state index in [9.17, 15) is 9.59 Å². The Morgan fingerprint density at radius 3 is 2.42 bits per heavy atom. The quantitative estimate of drug-likeness (QED) is 0.484. The van der Waals surface area contributed by atoms with E-state index < -0.39 is 6.09 Å². The zero-order valence-corrected chi connectivity index (χ0v) is 16.9. The summed E-state index contributed by atoms with van der Waals surface area (Å²) in [4.78, 5) is 28.2. The van der Waals surface area contributed by atoms with Crippen molar-refractivity contribution >= 4 is 29.2 Å². The van der Waals surface area contributed by atoms with Crippen LogP contribution in [0.5, 0.6) is 5.75 Å². The first kappa shape index (κ1) is 20.2. The van der Waals surface area contributed by atoms with E-state index in [2.05, 4.69) is 33.1 Å². The Bertz CT molecular complexity index is 1110. The topological polar surface area (TPSA) is 113 Å². The smallest absolute Gasteiger partial charge is 0.410 e. The van der Waals surface area contributed by atoms with Crippen molar-refractivity contribution in [2.24, 2.45) is 0 Å². The van der Waals surface area contributed by atoms with Crippen molar-refractivity contribution in [3.63, 3.8) is 0 Å². The van der Waals surface area contributed by atoms with E-state index in [1.54, 1.807) is 19.2 Å². The van der Waals surface area contributed by atoms with Crippen LogP contribution in [-0.2, 0) is 12.8 Å². The highest BCUT2D eigenvalue weighted by Gasteiger charge is 2.23. The number of nitrogens with one attached hydrogen (secondary N) is 3. The minimum absolute atomic E-state index is 0.0300. The van der Waals surface area contributed by atoms with E-state index in [-0.39, 0.29) is 23.5 Å². The Kier molecular flexibility index (Phi) is 5.70. The lowest BCUT2D eigenvalue weighted by molar-refractivity contribution is 0.0933. The van der Waals surface area contributed by atoms with E-state index in [1.807, 2.05) is 30.3 Å². The van der Waals surface area contributed by atoms with Crippen LogP contribution in [0.3, 0.4) is 0 Å². The van der Waals surface area contributed by atoms with Crippen molar-refractivity contribution in [3.05, 3.63) is 77.5 Å². The molecule has 2 amide bonds. The highest BCUT2D eigenvalue weighted by Crippen LogP contribution is 2.25. The van der Waals surface area contributed by atoms with Gasteiger partial charge in [-0.25, -0.2) is 9.78 Å². The summed E-state index contributed by atoms with van der Waals surface area (Å²) >= 11 is 0. The van der Waals surface area contributed by atoms with Crippen LogP contribution in [0.25, 0.3) is 0 Å². The number of pyridine rings is 1. The Morgan fingerprint density at radius 1 is 1.00 bits per heavy atom. The molecule has 2 aromatic carbocycles. The first-order valence-electron chi connectivity index (χ1n) is 9.81. The minimum Gasteiger partial charge on any atom is -0.497 e. The second kappa shape index (κ2) is 8.74. The van der Waals surface area contributed by atoms with Gasteiger partial charge in [-0.05, 0) is 42.2 Å². The van der Waals surface area contributed by atoms with Crippen LogP contribution in [0.15, 0.2) is 60.7 Å². The molecule has 0 atom stereocenters. The lowest BCUT2D eigenvalue weighted by atomic mass is 10.1. The number of carboxylic acid groups (broad SMARTS) is 1. The molecule has 31 heavy (non-hydrogen) atoms. The van der Waals surface area contributed by atoms with Gasteiger partial charge in [0.1, 0.15) is 17.3 Å². The number of anilines is 3. The molecule has 3 aromatic rings. The van der Waals surface area contributed by atoms with Crippen LogP contribution in [-0.4, -0.2) is 35.2 Å². The molecule has 158 valence electrons. The van der Waals surface area contributed by atoms with Crippen LogP contribution in [0.2, 0.25) is 0 Å². The van der Waals surface area contributed by atoms with E-state index in [1.165, 1.54) is 17.2 Å². The fraction of sp³-hybridized carbons (Fsp3) is 0.174. The van der Waals surface area contributed by atoms with E-state index in [0.717, 1.165) is 18.5 Å². The van der Waals surface area contributed by atoms with Crippen molar-refractivity contribution in [1.29, 1.82) is 0 Å². The number of rotatable bonds is 6. The lowest BCUT2D eigenvalue weighted by Gasteiger charge is -2.14. The third-order valence-electron chi connectivity index (χ3n) is 5.04. The molecule has 0 saturated carbocycles. The molecule has 0 aliphatic heterocycles. The molecule has 0 spiro atoms. The second-order valence-electron chi connectivity index (χ2n) is 7.26. The number of amides is 2. The highest BCUT2D eigenvalue weighted by molar-refractivity contribution is 5.95. The summed E-state index contributed by atoms with van der Waals surface area (Å²) in [7, 11) is 1.57. The largest absolute Gasteiger partial charge is 0.497 e. The monoisotopic (exact) mass is 418 g/mol. The maximum absolute atomic E-state index is 12.9. The van der Waals surface area contributed by atoms with Crippen LogP contribution in [0, 0.1) is 0 Å². The second-order valence-corrected chi connectivity index (χ2v) is 7.26. The van der Waals surface area contributed by atoms with Crippen molar-refractivity contribution in [2.45, 2.75) is 18.9 Å². The normalized spacial score (nSPS) is 12.7. The van der Waals surface area contributed by atoms with Gasteiger partial charge >= 0.3 is 6.09 Å². The van der Waals surface area contributed by atoms with Crippen molar-refractivity contribution in [2.75, 3.05) is 17.7 Å². The summed E-state index contributed by atoms with van der Waals surface area (Å²) in [6, 6.07) is 18.4. The van der Waals surface area contributed by atoms with Gasteiger partial charge in [-0.1, -0.05) is 30.3 Å². The molecule has 0 saturated heterocycles. The van der Waals surface area contributed by atoms with E-state index in [0.29, 0.717) is 11.4 Å². The number of fused-ring (bicyclic) bond motifs is 1. The number of ether oxygens (including phenoxy) is 1. The fourth-order valence-corrected chi connectivity index (χ4v) is 3.68. The average Bonchev–Trinajstić information content (AvgIpc) is 3.15. The third-order valence-corrected chi connectivity index (χ3v) is 5.04. The van der Waals surface area contributed by atoms with Crippen LogP contribution in [0.1, 0.15) is 21.6 Å². The van der Waals surface area contributed by atoms with Gasteiger partial charge in [0.15, 0.2) is 0 Å². The molecule has 0 fully saturated rings. The number of hydrogen-bond acceptors (Lipinski definition) is 5. The number of benzene rings is 2. The third kappa shape index (κ3) is 4.92. The molecular weight excluding hydrogens is 396 g/mol. The molecule has 4 rings (SSSR count). The van der Waals surface area contributed by atoms with Gasteiger partial charge in [-0.15, -0.1) is 0 Å². The van der Waals surface area contributed by atoms with Crippen molar-refractivity contribution in [3.8, 4) is 5.75 Å². The summed E-state index contributed by atoms with van der Waals surface area (Å²) in [5, 5.41) is 17.5. The average molecular weight is 418 g/mol. The Hall–Kier alpha value is -4.07. The summed E-state index contributed by atoms with van der Waals surface area (Å²) in [5.74, 6) is 0.363. The maximum Gasteiger partial charge on any atom is 0.410 e. The van der Waals surface area contributed by atoms with Gasteiger partial charge in [0.25, 0.3) is 5.91 Å². The molecule has 1 aliphatic carbocycles. The molecular formula is C23H22N4O4. The number of carbonyl (C=O) groups is 2. The summed E-state index contributed by atoms with van der Waals surface area (Å²) < 4.78 is 5.23. The fourth-order valence-electron chi connectivity index (χ4n) is 3.68. The van der Waals surface area contributed by atoms with Gasteiger partial charge in [0, 0.05) is 29.5 Å². The first-order chi connectivity index (χ1) is 15.0. The molecule has 0 bridgehead atoms. The molecule has 0 radical (unpaired) electrons. The summed E-state index contributed by atoms with van der Waals surface area (Å²) in [6.07, 6.45) is 0.247. The van der Waals surface area contributed by atoms with Crippen molar-refractivity contribution < 1.29 is 19.4 Å². The zero-order valence-electron chi connectivity index (χ0n) is 16.9.